The highest BCUT2D eigenvalue weighted by atomic mass is 16.5. The van der Waals surface area contributed by atoms with Gasteiger partial charge in [0.1, 0.15) is 5.75 Å². The largest absolute Gasteiger partial charge is 0.494 e. The zero-order chi connectivity index (χ0) is 12.0. The molecule has 0 saturated heterocycles. The van der Waals surface area contributed by atoms with E-state index in [-0.39, 0.29) is 0 Å². The summed E-state index contributed by atoms with van der Waals surface area (Å²) in [6.45, 7) is 8.30. The molecule has 90 valence electrons. The average Bonchev–Trinajstić information content (AvgIpc) is 2.30. The molecular weight excluding hydrogens is 198 g/mol. The molecule has 0 aliphatic rings. The van der Waals surface area contributed by atoms with Gasteiger partial charge in [0.25, 0.3) is 0 Å². The van der Waals surface area contributed by atoms with Crippen LogP contribution < -0.4 is 9.64 Å². The highest BCUT2D eigenvalue weighted by Gasteiger charge is 2.04. The van der Waals surface area contributed by atoms with Crippen LogP contribution in [0.2, 0.25) is 0 Å². The number of ether oxygens (including phenoxy) is 1. The lowest BCUT2D eigenvalue weighted by molar-refractivity contribution is 0.309. The number of benzene rings is 1. The number of unbranched alkanes of at least 4 members (excludes halogenated alkanes) is 1. The van der Waals surface area contributed by atoms with Crippen LogP contribution in [0.1, 0.15) is 32.3 Å². The predicted molar refractivity (Wildman–Crippen MR) is 70.5 cm³/mol. The minimum absolute atomic E-state index is 0.814. The van der Waals surface area contributed by atoms with Gasteiger partial charge in [-0.25, -0.2) is 0 Å². The second kappa shape index (κ2) is 6.41. The van der Waals surface area contributed by atoms with E-state index in [1.807, 2.05) is 0 Å². The van der Waals surface area contributed by atoms with Crippen molar-refractivity contribution in [2.45, 2.75) is 33.6 Å². The number of hydrogen-bond donors (Lipinski definition) is 0. The molecule has 0 unspecified atom stereocenters. The second-order valence-electron chi connectivity index (χ2n) is 4.16. The summed E-state index contributed by atoms with van der Waals surface area (Å²) in [4.78, 5) is 2.24. The van der Waals surface area contributed by atoms with Gasteiger partial charge in [-0.1, -0.05) is 19.4 Å². The molecule has 1 aromatic carbocycles. The van der Waals surface area contributed by atoms with Gasteiger partial charge in [0.15, 0.2) is 0 Å². The summed E-state index contributed by atoms with van der Waals surface area (Å²) in [5.74, 6) is 0.981. The Morgan fingerprint density at radius 1 is 1.25 bits per heavy atom. The highest BCUT2D eigenvalue weighted by Crippen LogP contribution is 2.24. The van der Waals surface area contributed by atoms with Crippen molar-refractivity contribution < 1.29 is 4.74 Å². The molecular formula is C14H23NO. The number of rotatable bonds is 6. The van der Waals surface area contributed by atoms with Crippen LogP contribution in [-0.4, -0.2) is 20.2 Å². The summed E-state index contributed by atoms with van der Waals surface area (Å²) >= 11 is 0. The molecule has 0 fully saturated rings. The molecule has 0 atom stereocenters. The lowest BCUT2D eigenvalue weighted by atomic mass is 10.2. The first-order chi connectivity index (χ1) is 7.69. The van der Waals surface area contributed by atoms with Crippen molar-refractivity contribution in [2.24, 2.45) is 0 Å². The summed E-state index contributed by atoms with van der Waals surface area (Å²) in [5.41, 5.74) is 2.56. The van der Waals surface area contributed by atoms with E-state index in [2.05, 4.69) is 50.9 Å². The normalized spacial score (nSPS) is 10.2. The van der Waals surface area contributed by atoms with Crippen molar-refractivity contribution in [3.8, 4) is 5.75 Å². The standard InChI is InChI=1S/C14H23NO/c1-5-7-10-16-13-9-8-12(3)14(11-13)15(4)6-2/h8-9,11H,5-7,10H2,1-4H3. The average molecular weight is 221 g/mol. The summed E-state index contributed by atoms with van der Waals surface area (Å²) in [6, 6.07) is 6.31. The zero-order valence-electron chi connectivity index (χ0n) is 10.9. The van der Waals surface area contributed by atoms with Crippen LogP contribution in [0.3, 0.4) is 0 Å². The third-order valence-corrected chi connectivity index (χ3v) is 2.83. The first-order valence-electron chi connectivity index (χ1n) is 6.13. The van der Waals surface area contributed by atoms with Crippen molar-refractivity contribution >= 4 is 5.69 Å². The van der Waals surface area contributed by atoms with Crippen LogP contribution >= 0.6 is 0 Å². The van der Waals surface area contributed by atoms with Crippen molar-refractivity contribution in [1.29, 1.82) is 0 Å². The molecule has 0 heterocycles. The van der Waals surface area contributed by atoms with E-state index in [0.29, 0.717) is 0 Å². The number of aryl methyl sites for hydroxylation is 1. The van der Waals surface area contributed by atoms with E-state index in [1.165, 1.54) is 17.7 Å². The lowest BCUT2D eigenvalue weighted by Crippen LogP contribution is -2.16. The monoisotopic (exact) mass is 221 g/mol. The SMILES string of the molecule is CCCCOc1ccc(C)c(N(C)CC)c1. The molecule has 0 amide bonds. The Bertz CT molecular complexity index is 323. The van der Waals surface area contributed by atoms with Gasteiger partial charge >= 0.3 is 0 Å². The Hall–Kier alpha value is -1.18. The van der Waals surface area contributed by atoms with Crippen molar-refractivity contribution in [2.75, 3.05) is 25.1 Å². The van der Waals surface area contributed by atoms with Crippen molar-refractivity contribution in [3.63, 3.8) is 0 Å². The summed E-state index contributed by atoms with van der Waals surface area (Å²) in [7, 11) is 2.11. The molecule has 0 aliphatic carbocycles. The molecule has 0 N–H and O–H groups in total. The number of nitrogens with zero attached hydrogens (tertiary/aromatic N) is 1. The fraction of sp³-hybridized carbons (Fsp3) is 0.571. The molecule has 1 aromatic rings. The maximum absolute atomic E-state index is 5.71. The van der Waals surface area contributed by atoms with Gasteiger partial charge in [-0.2, -0.15) is 0 Å². The minimum atomic E-state index is 0.814. The zero-order valence-corrected chi connectivity index (χ0v) is 10.9. The Labute approximate surface area is 99.2 Å². The van der Waals surface area contributed by atoms with Crippen molar-refractivity contribution in [3.05, 3.63) is 23.8 Å². The Kier molecular flexibility index (Phi) is 5.17. The van der Waals surface area contributed by atoms with Crippen LogP contribution in [0.25, 0.3) is 0 Å². The summed E-state index contributed by atoms with van der Waals surface area (Å²) in [5, 5.41) is 0. The third kappa shape index (κ3) is 3.44. The summed E-state index contributed by atoms with van der Waals surface area (Å²) in [6.07, 6.45) is 2.29. The van der Waals surface area contributed by atoms with E-state index in [9.17, 15) is 0 Å². The van der Waals surface area contributed by atoms with Gasteiger partial charge in [-0.05, 0) is 31.9 Å². The van der Waals surface area contributed by atoms with Crippen LogP contribution in [0, 0.1) is 6.92 Å². The van der Waals surface area contributed by atoms with Crippen LogP contribution in [0.5, 0.6) is 5.75 Å². The van der Waals surface area contributed by atoms with Gasteiger partial charge < -0.3 is 9.64 Å². The van der Waals surface area contributed by atoms with E-state index in [1.54, 1.807) is 0 Å². The number of anilines is 1. The Morgan fingerprint density at radius 2 is 2.00 bits per heavy atom. The molecule has 0 saturated carbocycles. The Morgan fingerprint density at radius 3 is 2.62 bits per heavy atom. The first-order valence-corrected chi connectivity index (χ1v) is 6.13. The molecule has 0 bridgehead atoms. The fourth-order valence-corrected chi connectivity index (χ4v) is 1.59. The highest BCUT2D eigenvalue weighted by molar-refractivity contribution is 5.56. The maximum atomic E-state index is 5.71. The van der Waals surface area contributed by atoms with Gasteiger partial charge in [0, 0.05) is 25.3 Å². The molecule has 2 nitrogen and oxygen atoms in total. The van der Waals surface area contributed by atoms with E-state index in [4.69, 9.17) is 4.74 Å². The lowest BCUT2D eigenvalue weighted by Gasteiger charge is -2.20. The number of hydrogen-bond acceptors (Lipinski definition) is 2. The van der Waals surface area contributed by atoms with Gasteiger partial charge in [-0.15, -0.1) is 0 Å². The smallest absolute Gasteiger partial charge is 0.121 e. The Balaban J connectivity index is 2.73. The quantitative estimate of drug-likeness (QED) is 0.680. The van der Waals surface area contributed by atoms with E-state index < -0.39 is 0 Å². The van der Waals surface area contributed by atoms with Crippen LogP contribution in [-0.2, 0) is 0 Å². The fourth-order valence-electron chi connectivity index (χ4n) is 1.59. The van der Waals surface area contributed by atoms with Gasteiger partial charge in [0.2, 0.25) is 0 Å². The molecule has 2 heteroatoms. The molecule has 0 radical (unpaired) electrons. The van der Waals surface area contributed by atoms with Crippen LogP contribution in [0.4, 0.5) is 5.69 Å². The minimum Gasteiger partial charge on any atom is -0.494 e. The molecule has 16 heavy (non-hydrogen) atoms. The maximum Gasteiger partial charge on any atom is 0.121 e. The predicted octanol–water partition coefficient (Wildman–Crippen LogP) is 3.63. The van der Waals surface area contributed by atoms with Gasteiger partial charge in [-0.3, -0.25) is 0 Å². The van der Waals surface area contributed by atoms with E-state index >= 15 is 0 Å². The van der Waals surface area contributed by atoms with Gasteiger partial charge in [0.05, 0.1) is 6.61 Å². The molecule has 0 aliphatic heterocycles. The first kappa shape index (κ1) is 12.9. The van der Waals surface area contributed by atoms with Crippen LogP contribution in [0.15, 0.2) is 18.2 Å². The molecule has 0 spiro atoms. The van der Waals surface area contributed by atoms with E-state index in [0.717, 1.165) is 25.3 Å². The molecule has 1 rings (SSSR count). The third-order valence-electron chi connectivity index (χ3n) is 2.83. The topological polar surface area (TPSA) is 12.5 Å². The van der Waals surface area contributed by atoms with Crippen molar-refractivity contribution in [1.82, 2.24) is 0 Å². The summed E-state index contributed by atoms with van der Waals surface area (Å²) < 4.78 is 5.71. The molecule has 0 aromatic heterocycles. The second-order valence-corrected chi connectivity index (χ2v) is 4.16.